The lowest BCUT2D eigenvalue weighted by Gasteiger charge is -2.20. The van der Waals surface area contributed by atoms with E-state index in [1.54, 1.807) is 25.1 Å². The molecule has 0 bridgehead atoms. The van der Waals surface area contributed by atoms with Crippen molar-refractivity contribution >= 4 is 46.1 Å². The first-order chi connectivity index (χ1) is 21.5. The molecule has 2 amide bonds. The van der Waals surface area contributed by atoms with E-state index in [-0.39, 0.29) is 61.3 Å². The Morgan fingerprint density at radius 1 is 1.02 bits per heavy atom. The molecule has 45 heavy (non-hydrogen) atoms. The number of hydrogen-bond donors (Lipinski definition) is 6. The molecule has 6 N–H and O–H groups in total. The number of allylic oxidation sites excluding steroid dienone is 4. The second-order valence-electron chi connectivity index (χ2n) is 10.3. The standard InChI is InChI=1S/C30H32F2N6O7/c1-16-5-6-17(34-24(42)11-12-33-23(41)8-10-26(44)45)13-20(16)27-19-7-9-25(43)38(28-21(31)3-2-4-22(28)32)29(19)37-30(36-27)35-18(14-39)15-40/h3,5-7,9,13,18,39-40H,2,4,8,10-12,14-15H2,1H3,(H,33,41)(H,34,42)(H,44,45)(H,35,36,37). The smallest absolute Gasteiger partial charge is 0.303 e. The van der Waals surface area contributed by atoms with Gasteiger partial charge in [-0.15, -0.1) is 0 Å². The number of nitrogens with one attached hydrogen (secondary N) is 3. The second kappa shape index (κ2) is 14.6. The van der Waals surface area contributed by atoms with Crippen molar-refractivity contribution in [1.82, 2.24) is 19.9 Å². The van der Waals surface area contributed by atoms with Crippen LogP contribution in [0.15, 0.2) is 52.9 Å². The van der Waals surface area contributed by atoms with Crippen molar-refractivity contribution in [3.8, 4) is 11.3 Å². The van der Waals surface area contributed by atoms with Crippen LogP contribution in [0.1, 0.15) is 37.7 Å². The normalized spacial score (nSPS) is 13.2. The van der Waals surface area contributed by atoms with Crippen LogP contribution in [0, 0.1) is 6.92 Å². The van der Waals surface area contributed by atoms with Crippen molar-refractivity contribution in [3.63, 3.8) is 0 Å². The van der Waals surface area contributed by atoms with Gasteiger partial charge in [0.05, 0.1) is 31.4 Å². The summed E-state index contributed by atoms with van der Waals surface area (Å²) in [5, 5.41) is 36.2. The quantitative estimate of drug-likeness (QED) is 0.164. The Morgan fingerprint density at radius 3 is 2.47 bits per heavy atom. The van der Waals surface area contributed by atoms with E-state index in [1.807, 2.05) is 0 Å². The molecule has 2 heterocycles. The average molecular weight is 627 g/mol. The Balaban J connectivity index is 1.74. The highest BCUT2D eigenvalue weighted by atomic mass is 19.1. The third-order valence-corrected chi connectivity index (χ3v) is 6.94. The number of benzene rings is 1. The van der Waals surface area contributed by atoms with E-state index in [9.17, 15) is 33.8 Å². The summed E-state index contributed by atoms with van der Waals surface area (Å²) in [5.74, 6) is -3.94. The number of hydrogen-bond acceptors (Lipinski definition) is 9. The molecule has 0 saturated heterocycles. The van der Waals surface area contributed by atoms with Crippen LogP contribution < -0.4 is 21.5 Å². The minimum absolute atomic E-state index is 0.0135. The zero-order chi connectivity index (χ0) is 32.7. The number of aliphatic carboxylic acids is 1. The maximum Gasteiger partial charge on any atom is 0.303 e. The maximum absolute atomic E-state index is 15.0. The molecule has 238 valence electrons. The molecule has 0 spiro atoms. The van der Waals surface area contributed by atoms with E-state index in [2.05, 4.69) is 25.9 Å². The van der Waals surface area contributed by atoms with Gasteiger partial charge in [0.15, 0.2) is 5.65 Å². The summed E-state index contributed by atoms with van der Waals surface area (Å²) in [5.41, 5.74) is 0.278. The number of carboxylic acids is 1. The third-order valence-electron chi connectivity index (χ3n) is 6.94. The molecule has 15 heteroatoms. The number of aliphatic hydroxyl groups excluding tert-OH is 2. The van der Waals surface area contributed by atoms with Crippen molar-refractivity contribution in [1.29, 1.82) is 0 Å². The third kappa shape index (κ3) is 7.93. The molecule has 0 unspecified atom stereocenters. The van der Waals surface area contributed by atoms with Gasteiger partial charge in [0.25, 0.3) is 5.56 Å². The Labute approximate surface area is 255 Å². The molecule has 0 radical (unpaired) electrons. The van der Waals surface area contributed by atoms with Crippen LogP contribution >= 0.6 is 0 Å². The number of aliphatic hydroxyl groups is 2. The molecule has 0 atom stereocenters. The number of fused-ring (bicyclic) bond motifs is 1. The number of amides is 2. The van der Waals surface area contributed by atoms with E-state index >= 15 is 4.39 Å². The van der Waals surface area contributed by atoms with E-state index in [0.717, 1.165) is 10.6 Å². The number of aryl methyl sites for hydroxylation is 1. The minimum atomic E-state index is -1.11. The van der Waals surface area contributed by atoms with Gasteiger partial charge < -0.3 is 31.3 Å². The largest absolute Gasteiger partial charge is 0.481 e. The summed E-state index contributed by atoms with van der Waals surface area (Å²) < 4.78 is 30.8. The van der Waals surface area contributed by atoms with Crippen LogP contribution in [0.4, 0.5) is 20.4 Å². The zero-order valence-electron chi connectivity index (χ0n) is 24.3. The summed E-state index contributed by atoms with van der Waals surface area (Å²) in [6, 6.07) is 6.61. The summed E-state index contributed by atoms with van der Waals surface area (Å²) in [4.78, 5) is 56.9. The van der Waals surface area contributed by atoms with Crippen molar-refractivity contribution in [3.05, 3.63) is 64.0 Å². The van der Waals surface area contributed by atoms with Crippen LogP contribution in [-0.2, 0) is 14.4 Å². The minimum Gasteiger partial charge on any atom is -0.481 e. The predicted molar refractivity (Wildman–Crippen MR) is 161 cm³/mol. The highest BCUT2D eigenvalue weighted by Crippen LogP contribution is 2.35. The van der Waals surface area contributed by atoms with E-state index in [4.69, 9.17) is 5.11 Å². The van der Waals surface area contributed by atoms with Crippen molar-refractivity contribution in [2.75, 3.05) is 30.4 Å². The van der Waals surface area contributed by atoms with Crippen molar-refractivity contribution in [2.24, 2.45) is 0 Å². The SMILES string of the molecule is Cc1ccc(NC(=O)CCNC(=O)CCC(=O)O)cc1-c1nc(NC(CO)CO)nc2c1ccc(=O)n2C1=C(F)CCC=C1F. The molecule has 1 aromatic carbocycles. The fourth-order valence-corrected chi connectivity index (χ4v) is 4.63. The predicted octanol–water partition coefficient (Wildman–Crippen LogP) is 2.63. The molecule has 13 nitrogen and oxygen atoms in total. The number of pyridine rings is 1. The van der Waals surface area contributed by atoms with Gasteiger partial charge in [0.1, 0.15) is 17.4 Å². The molecule has 2 aromatic heterocycles. The second-order valence-corrected chi connectivity index (χ2v) is 10.3. The summed E-state index contributed by atoms with van der Waals surface area (Å²) in [6.07, 6.45) is 0.558. The maximum atomic E-state index is 15.0. The van der Waals surface area contributed by atoms with Gasteiger partial charge in [0.2, 0.25) is 17.8 Å². The van der Waals surface area contributed by atoms with Gasteiger partial charge >= 0.3 is 5.97 Å². The first kappa shape index (κ1) is 32.9. The number of anilines is 2. The molecular weight excluding hydrogens is 594 g/mol. The lowest BCUT2D eigenvalue weighted by Crippen LogP contribution is -2.29. The topological polar surface area (TPSA) is 196 Å². The van der Waals surface area contributed by atoms with E-state index < -0.39 is 59.9 Å². The van der Waals surface area contributed by atoms with Gasteiger partial charge in [0, 0.05) is 48.5 Å². The molecule has 1 aliphatic rings. The fraction of sp³-hybridized carbons (Fsp3) is 0.333. The van der Waals surface area contributed by atoms with Crippen LogP contribution in [-0.4, -0.2) is 73.4 Å². The molecule has 0 aliphatic heterocycles. The van der Waals surface area contributed by atoms with Gasteiger partial charge in [-0.05, 0) is 43.2 Å². The Bertz CT molecular complexity index is 1750. The van der Waals surface area contributed by atoms with Crippen molar-refractivity contribution < 1.29 is 38.5 Å². The Kier molecular flexibility index (Phi) is 10.7. The molecule has 3 aromatic rings. The van der Waals surface area contributed by atoms with Crippen LogP contribution in [0.25, 0.3) is 28.0 Å². The monoisotopic (exact) mass is 626 g/mol. The van der Waals surface area contributed by atoms with Crippen LogP contribution in [0.2, 0.25) is 0 Å². The molecule has 0 fully saturated rings. The molecular formula is C30H32F2N6O7. The van der Waals surface area contributed by atoms with Crippen LogP contribution in [0.5, 0.6) is 0 Å². The van der Waals surface area contributed by atoms with E-state index in [1.165, 1.54) is 12.1 Å². The zero-order valence-corrected chi connectivity index (χ0v) is 24.3. The first-order valence-corrected chi connectivity index (χ1v) is 14.1. The van der Waals surface area contributed by atoms with Crippen molar-refractivity contribution in [2.45, 2.75) is 45.1 Å². The summed E-state index contributed by atoms with van der Waals surface area (Å²) >= 11 is 0. The van der Waals surface area contributed by atoms with E-state index in [0.29, 0.717) is 16.8 Å². The summed E-state index contributed by atoms with van der Waals surface area (Å²) in [6.45, 7) is 0.764. The number of rotatable bonds is 13. The Morgan fingerprint density at radius 2 is 1.78 bits per heavy atom. The number of nitrogens with zero attached hydrogens (tertiary/aromatic N) is 3. The molecule has 1 aliphatic carbocycles. The number of carboxylic acid groups (broad SMARTS) is 1. The first-order valence-electron chi connectivity index (χ1n) is 14.1. The average Bonchev–Trinajstić information content (AvgIpc) is 3.00. The van der Waals surface area contributed by atoms with Crippen LogP contribution in [0.3, 0.4) is 0 Å². The lowest BCUT2D eigenvalue weighted by atomic mass is 10.0. The highest BCUT2D eigenvalue weighted by Gasteiger charge is 2.24. The molecule has 0 saturated carbocycles. The molecule has 4 rings (SSSR count). The van der Waals surface area contributed by atoms with Gasteiger partial charge in [-0.25, -0.2) is 13.8 Å². The van der Waals surface area contributed by atoms with Gasteiger partial charge in [-0.2, -0.15) is 4.98 Å². The highest BCUT2D eigenvalue weighted by molar-refractivity contribution is 5.96. The lowest BCUT2D eigenvalue weighted by molar-refractivity contribution is -0.138. The number of carbonyl (C=O) groups is 3. The Hall–Kier alpha value is -5.02. The fourth-order valence-electron chi connectivity index (χ4n) is 4.63. The van der Waals surface area contributed by atoms with Gasteiger partial charge in [-0.3, -0.25) is 23.7 Å². The number of aromatic nitrogens is 3. The number of halogens is 2. The number of carbonyl (C=O) groups excluding carboxylic acids is 2. The summed E-state index contributed by atoms with van der Waals surface area (Å²) in [7, 11) is 0. The van der Waals surface area contributed by atoms with Gasteiger partial charge in [-0.1, -0.05) is 6.07 Å².